The SMILES string of the molecule is CCC.CCCc1cc(SC)ccc1OC(F)F. The summed E-state index contributed by atoms with van der Waals surface area (Å²) in [6, 6.07) is 5.32. The summed E-state index contributed by atoms with van der Waals surface area (Å²) < 4.78 is 28.6. The van der Waals surface area contributed by atoms with Crippen molar-refractivity contribution in [3.63, 3.8) is 0 Å². The lowest BCUT2D eigenvalue weighted by atomic mass is 10.1. The molecule has 0 amide bonds. The predicted octanol–water partition coefficient (Wildman–Crippen LogP) is 5.38. The van der Waals surface area contributed by atoms with E-state index in [1.807, 2.05) is 19.2 Å². The molecule has 4 heteroatoms. The fourth-order valence-electron chi connectivity index (χ4n) is 1.36. The molecule has 0 saturated carbocycles. The highest BCUT2D eigenvalue weighted by molar-refractivity contribution is 7.98. The monoisotopic (exact) mass is 276 g/mol. The van der Waals surface area contributed by atoms with Crippen molar-refractivity contribution in [2.24, 2.45) is 0 Å². The van der Waals surface area contributed by atoms with Crippen molar-refractivity contribution in [2.75, 3.05) is 6.26 Å². The first kappa shape index (κ1) is 17.2. The maximum atomic E-state index is 12.1. The summed E-state index contributed by atoms with van der Waals surface area (Å²) in [5, 5.41) is 0. The van der Waals surface area contributed by atoms with Gasteiger partial charge in [0.05, 0.1) is 0 Å². The van der Waals surface area contributed by atoms with E-state index in [0.717, 1.165) is 23.3 Å². The highest BCUT2D eigenvalue weighted by Gasteiger charge is 2.09. The molecule has 1 aromatic carbocycles. The number of alkyl halides is 2. The third-order valence-electron chi connectivity index (χ3n) is 2.00. The Morgan fingerprint density at radius 2 is 1.83 bits per heavy atom. The van der Waals surface area contributed by atoms with E-state index in [1.165, 1.54) is 6.42 Å². The first-order valence-corrected chi connectivity index (χ1v) is 7.43. The number of thioether (sulfide) groups is 1. The van der Waals surface area contributed by atoms with Crippen molar-refractivity contribution in [1.29, 1.82) is 0 Å². The number of rotatable bonds is 5. The van der Waals surface area contributed by atoms with Gasteiger partial charge in [-0.1, -0.05) is 33.6 Å². The molecule has 1 aromatic rings. The van der Waals surface area contributed by atoms with Crippen LogP contribution < -0.4 is 4.74 Å². The molecule has 0 aromatic heterocycles. The van der Waals surface area contributed by atoms with Gasteiger partial charge in [-0.15, -0.1) is 11.8 Å². The van der Waals surface area contributed by atoms with Gasteiger partial charge in [0.1, 0.15) is 5.75 Å². The summed E-state index contributed by atoms with van der Waals surface area (Å²) >= 11 is 1.59. The van der Waals surface area contributed by atoms with E-state index in [4.69, 9.17) is 0 Å². The summed E-state index contributed by atoms with van der Waals surface area (Å²) in [6.07, 6.45) is 4.88. The summed E-state index contributed by atoms with van der Waals surface area (Å²) in [5.74, 6) is 0.296. The van der Waals surface area contributed by atoms with Gasteiger partial charge in [-0.25, -0.2) is 0 Å². The van der Waals surface area contributed by atoms with Crippen molar-refractivity contribution in [3.8, 4) is 5.75 Å². The normalized spacial score (nSPS) is 9.94. The van der Waals surface area contributed by atoms with Crippen molar-refractivity contribution >= 4 is 11.8 Å². The van der Waals surface area contributed by atoms with E-state index < -0.39 is 6.61 Å². The van der Waals surface area contributed by atoms with Crippen molar-refractivity contribution in [3.05, 3.63) is 23.8 Å². The highest BCUT2D eigenvalue weighted by atomic mass is 32.2. The van der Waals surface area contributed by atoms with Crippen LogP contribution in [0.25, 0.3) is 0 Å². The molecule has 0 aliphatic rings. The van der Waals surface area contributed by atoms with Gasteiger partial charge in [0.25, 0.3) is 0 Å². The zero-order chi connectivity index (χ0) is 14.0. The van der Waals surface area contributed by atoms with Crippen LogP contribution in [0.3, 0.4) is 0 Å². The Balaban J connectivity index is 0.000000873. The van der Waals surface area contributed by atoms with Crippen LogP contribution in [0, 0.1) is 0 Å². The van der Waals surface area contributed by atoms with Gasteiger partial charge in [-0.05, 0) is 36.4 Å². The third kappa shape index (κ3) is 6.84. The first-order valence-electron chi connectivity index (χ1n) is 6.20. The van der Waals surface area contributed by atoms with Gasteiger partial charge in [-0.3, -0.25) is 0 Å². The number of hydrogen-bond acceptors (Lipinski definition) is 2. The van der Waals surface area contributed by atoms with Crippen LogP contribution in [0.5, 0.6) is 5.75 Å². The molecule has 0 radical (unpaired) electrons. The maximum Gasteiger partial charge on any atom is 0.387 e. The quantitative estimate of drug-likeness (QED) is 0.668. The minimum absolute atomic E-state index is 0.296. The molecule has 0 bridgehead atoms. The Hall–Kier alpha value is -0.770. The molecule has 0 saturated heterocycles. The fourth-order valence-corrected chi connectivity index (χ4v) is 1.82. The summed E-state index contributed by atoms with van der Waals surface area (Å²) in [6.45, 7) is 3.51. The van der Waals surface area contributed by atoms with Gasteiger partial charge in [0.2, 0.25) is 0 Å². The number of benzene rings is 1. The Morgan fingerprint density at radius 3 is 2.28 bits per heavy atom. The molecule has 104 valence electrons. The zero-order valence-corrected chi connectivity index (χ0v) is 12.3. The molecule has 0 N–H and O–H groups in total. The number of hydrogen-bond donors (Lipinski definition) is 0. The average molecular weight is 276 g/mol. The fraction of sp³-hybridized carbons (Fsp3) is 0.571. The van der Waals surface area contributed by atoms with Gasteiger partial charge in [0.15, 0.2) is 0 Å². The summed E-state index contributed by atoms with van der Waals surface area (Å²) in [7, 11) is 0. The second-order valence-electron chi connectivity index (χ2n) is 3.81. The molecular weight excluding hydrogens is 254 g/mol. The second kappa shape index (κ2) is 10.2. The molecule has 0 aliphatic carbocycles. The predicted molar refractivity (Wildman–Crippen MR) is 74.8 cm³/mol. The lowest BCUT2D eigenvalue weighted by molar-refractivity contribution is -0.0504. The Bertz CT molecular complexity index is 330. The Labute approximate surface area is 113 Å². The molecule has 0 heterocycles. The van der Waals surface area contributed by atoms with Gasteiger partial charge < -0.3 is 4.74 Å². The minimum atomic E-state index is -2.75. The Kier molecular flexibility index (Phi) is 9.74. The van der Waals surface area contributed by atoms with Gasteiger partial charge in [-0.2, -0.15) is 8.78 Å². The van der Waals surface area contributed by atoms with E-state index >= 15 is 0 Å². The summed E-state index contributed by atoms with van der Waals surface area (Å²) in [5.41, 5.74) is 0.852. The third-order valence-corrected chi connectivity index (χ3v) is 2.73. The molecule has 1 nitrogen and oxygen atoms in total. The van der Waals surface area contributed by atoms with Crippen LogP contribution >= 0.6 is 11.8 Å². The molecule has 0 unspecified atom stereocenters. The number of halogens is 2. The van der Waals surface area contributed by atoms with E-state index in [2.05, 4.69) is 18.6 Å². The minimum Gasteiger partial charge on any atom is -0.435 e. The maximum absolute atomic E-state index is 12.1. The van der Waals surface area contributed by atoms with Crippen LogP contribution in [0.4, 0.5) is 8.78 Å². The van der Waals surface area contributed by atoms with E-state index in [0.29, 0.717) is 5.75 Å². The second-order valence-corrected chi connectivity index (χ2v) is 4.69. The Morgan fingerprint density at radius 1 is 1.22 bits per heavy atom. The molecule has 18 heavy (non-hydrogen) atoms. The van der Waals surface area contributed by atoms with Crippen LogP contribution in [0.15, 0.2) is 23.1 Å². The molecule has 0 atom stereocenters. The molecule has 0 fully saturated rings. The van der Waals surface area contributed by atoms with Gasteiger partial charge in [0, 0.05) is 4.90 Å². The van der Waals surface area contributed by atoms with Crippen molar-refractivity contribution < 1.29 is 13.5 Å². The largest absolute Gasteiger partial charge is 0.435 e. The smallest absolute Gasteiger partial charge is 0.387 e. The standard InChI is InChI=1S/C11H14F2OS.C3H8/c1-3-4-8-7-9(15-2)5-6-10(8)14-11(12)13;1-3-2/h5-7,11H,3-4H2,1-2H3;3H2,1-2H3. The van der Waals surface area contributed by atoms with E-state index in [-0.39, 0.29) is 0 Å². The van der Waals surface area contributed by atoms with Gasteiger partial charge >= 0.3 is 6.61 Å². The topological polar surface area (TPSA) is 9.23 Å². The molecule has 1 rings (SSSR count). The van der Waals surface area contributed by atoms with Crippen LogP contribution in [0.2, 0.25) is 0 Å². The number of ether oxygens (including phenoxy) is 1. The lowest BCUT2D eigenvalue weighted by Crippen LogP contribution is -2.04. The van der Waals surface area contributed by atoms with Crippen LogP contribution in [-0.2, 0) is 6.42 Å². The molecule has 0 aliphatic heterocycles. The molecular formula is C14H22F2OS. The highest BCUT2D eigenvalue weighted by Crippen LogP contribution is 2.27. The first-order chi connectivity index (χ1) is 8.58. The zero-order valence-electron chi connectivity index (χ0n) is 11.5. The van der Waals surface area contributed by atoms with Crippen LogP contribution in [-0.4, -0.2) is 12.9 Å². The van der Waals surface area contributed by atoms with Crippen LogP contribution in [0.1, 0.15) is 39.2 Å². The van der Waals surface area contributed by atoms with E-state index in [1.54, 1.807) is 23.9 Å². The average Bonchev–Trinajstić information content (AvgIpc) is 2.32. The van der Waals surface area contributed by atoms with Crippen molar-refractivity contribution in [1.82, 2.24) is 0 Å². The summed E-state index contributed by atoms with van der Waals surface area (Å²) in [4.78, 5) is 1.07. The lowest BCUT2D eigenvalue weighted by Gasteiger charge is -2.11. The van der Waals surface area contributed by atoms with E-state index in [9.17, 15) is 8.78 Å². The number of aryl methyl sites for hydroxylation is 1. The van der Waals surface area contributed by atoms with Crippen molar-refractivity contribution in [2.45, 2.75) is 51.5 Å². The molecule has 0 spiro atoms.